The van der Waals surface area contributed by atoms with Crippen LogP contribution in [0.15, 0.2) is 47.5 Å². The summed E-state index contributed by atoms with van der Waals surface area (Å²) < 4.78 is 24.9. The maximum atomic E-state index is 14.4. The maximum Gasteiger partial charge on any atom is 0.237 e. The van der Waals surface area contributed by atoms with Gasteiger partial charge in [-0.25, -0.2) is 9.37 Å². The second-order valence-electron chi connectivity index (χ2n) is 6.67. The number of amides is 1. The van der Waals surface area contributed by atoms with Crippen molar-refractivity contribution in [3.05, 3.63) is 48.4 Å². The monoisotopic (exact) mass is 441 g/mol. The van der Waals surface area contributed by atoms with Crippen molar-refractivity contribution in [1.29, 1.82) is 0 Å². The van der Waals surface area contributed by atoms with Gasteiger partial charge in [0.1, 0.15) is 11.5 Å². The van der Waals surface area contributed by atoms with Gasteiger partial charge in [0.2, 0.25) is 11.9 Å². The van der Waals surface area contributed by atoms with Gasteiger partial charge in [0.25, 0.3) is 0 Å². The minimum absolute atomic E-state index is 0.00440. The molecule has 0 spiro atoms. The summed E-state index contributed by atoms with van der Waals surface area (Å²) in [5.41, 5.74) is 2.00. The molecular formula is C21H20FN5O3S. The fourth-order valence-electron chi connectivity index (χ4n) is 3.01. The first-order chi connectivity index (χ1) is 15.0. The van der Waals surface area contributed by atoms with Gasteiger partial charge in [0.15, 0.2) is 11.6 Å². The number of aromatic nitrogens is 2. The summed E-state index contributed by atoms with van der Waals surface area (Å²) in [4.78, 5) is 22.8. The highest BCUT2D eigenvalue weighted by Crippen LogP contribution is 2.37. The fraction of sp³-hybridized carbons (Fsp3) is 0.190. The molecule has 0 aliphatic carbocycles. The van der Waals surface area contributed by atoms with Crippen LogP contribution in [0.5, 0.6) is 11.5 Å². The van der Waals surface area contributed by atoms with Gasteiger partial charge < -0.3 is 25.0 Å². The van der Waals surface area contributed by atoms with Crippen LogP contribution >= 0.6 is 11.8 Å². The summed E-state index contributed by atoms with van der Waals surface area (Å²) >= 11 is 1.48. The Morgan fingerprint density at radius 3 is 2.52 bits per heavy atom. The van der Waals surface area contributed by atoms with E-state index >= 15 is 0 Å². The lowest BCUT2D eigenvalue weighted by Crippen LogP contribution is -2.31. The van der Waals surface area contributed by atoms with Crippen molar-refractivity contribution in [3.63, 3.8) is 0 Å². The average Bonchev–Trinajstić information content (AvgIpc) is 2.78. The Labute approximate surface area is 182 Å². The molecule has 0 saturated carbocycles. The first kappa shape index (κ1) is 20.7. The summed E-state index contributed by atoms with van der Waals surface area (Å²) in [6.07, 6.45) is 1.08. The number of thioether (sulfide) groups is 1. The minimum atomic E-state index is -0.606. The molecule has 3 aromatic rings. The van der Waals surface area contributed by atoms with Crippen LogP contribution in [-0.2, 0) is 4.79 Å². The Balaban J connectivity index is 1.59. The highest BCUT2D eigenvalue weighted by atomic mass is 32.2. The molecule has 0 bridgehead atoms. The zero-order valence-corrected chi connectivity index (χ0v) is 17.9. The average molecular weight is 441 g/mol. The predicted octanol–water partition coefficient (Wildman–Crippen LogP) is 4.19. The van der Waals surface area contributed by atoms with Crippen LogP contribution in [0.2, 0.25) is 0 Å². The molecule has 1 amide bonds. The van der Waals surface area contributed by atoms with Crippen LogP contribution in [0.4, 0.5) is 33.2 Å². The van der Waals surface area contributed by atoms with Crippen LogP contribution < -0.4 is 25.0 Å². The molecule has 0 saturated heterocycles. The Hall–Kier alpha value is -3.53. The maximum absolute atomic E-state index is 14.4. The number of anilines is 5. The number of rotatable bonds is 6. The zero-order chi connectivity index (χ0) is 22.0. The van der Waals surface area contributed by atoms with E-state index in [9.17, 15) is 9.18 Å². The number of methoxy groups -OCH3 is 2. The van der Waals surface area contributed by atoms with E-state index in [1.165, 1.54) is 11.8 Å². The molecule has 0 atom stereocenters. The number of nitrogens with zero attached hydrogens (tertiary/aromatic N) is 3. The number of benzene rings is 2. The molecule has 2 heterocycles. The van der Waals surface area contributed by atoms with Gasteiger partial charge in [-0.2, -0.15) is 4.98 Å². The summed E-state index contributed by atoms with van der Waals surface area (Å²) in [7, 11) is 4.83. The second-order valence-corrected chi connectivity index (χ2v) is 7.68. The van der Waals surface area contributed by atoms with Gasteiger partial charge in [-0.05, 0) is 18.2 Å². The number of carbonyl (C=O) groups is 1. The number of ether oxygens (including phenoxy) is 2. The van der Waals surface area contributed by atoms with Crippen LogP contribution in [0.25, 0.3) is 0 Å². The number of hydrogen-bond donors (Lipinski definition) is 2. The van der Waals surface area contributed by atoms with E-state index in [2.05, 4.69) is 20.6 Å². The topological polar surface area (TPSA) is 88.6 Å². The van der Waals surface area contributed by atoms with E-state index < -0.39 is 5.82 Å². The lowest BCUT2D eigenvalue weighted by Gasteiger charge is -2.25. The first-order valence-electron chi connectivity index (χ1n) is 9.30. The second kappa shape index (κ2) is 8.68. The molecule has 0 fully saturated rings. The van der Waals surface area contributed by atoms with Gasteiger partial charge in [-0.3, -0.25) is 4.79 Å². The van der Waals surface area contributed by atoms with Crippen molar-refractivity contribution in [1.82, 2.24) is 9.97 Å². The smallest absolute Gasteiger partial charge is 0.237 e. The summed E-state index contributed by atoms with van der Waals surface area (Å²) in [5, 5.41) is 5.99. The van der Waals surface area contributed by atoms with Crippen molar-refractivity contribution in [2.45, 2.75) is 4.90 Å². The minimum Gasteiger partial charge on any atom is -0.497 e. The largest absolute Gasteiger partial charge is 0.497 e. The van der Waals surface area contributed by atoms with Crippen LogP contribution in [0.1, 0.15) is 0 Å². The number of halogens is 1. The molecule has 1 aliphatic heterocycles. The molecule has 4 rings (SSSR count). The Kier molecular flexibility index (Phi) is 5.81. The molecule has 160 valence electrons. The van der Waals surface area contributed by atoms with Crippen molar-refractivity contribution < 1.29 is 18.7 Å². The third kappa shape index (κ3) is 4.48. The number of carbonyl (C=O) groups excluding carboxylic acids is 1. The van der Waals surface area contributed by atoms with E-state index in [-0.39, 0.29) is 17.7 Å². The van der Waals surface area contributed by atoms with Crippen molar-refractivity contribution in [2.24, 2.45) is 0 Å². The Bertz CT molecular complexity index is 1120. The van der Waals surface area contributed by atoms with E-state index in [0.29, 0.717) is 28.6 Å². The van der Waals surface area contributed by atoms with Gasteiger partial charge in [0, 0.05) is 41.5 Å². The SMILES string of the molecule is COc1cc(Nc2ncc(F)c(Nc3ccc4c(c3)N(C)C(=O)CS4)n2)cc(OC)c1. The standard InChI is InChI=1S/C21H20FN5O3S/c1-27-17-8-12(4-5-18(17)31-11-19(27)28)24-20-16(22)10-23-21(26-20)25-13-6-14(29-2)9-15(7-13)30-3/h4-10H,11H2,1-3H3,(H2,23,24,25,26). The van der Waals surface area contributed by atoms with Crippen LogP contribution in [0.3, 0.4) is 0 Å². The van der Waals surface area contributed by atoms with Crippen molar-refractivity contribution in [3.8, 4) is 11.5 Å². The number of nitrogens with one attached hydrogen (secondary N) is 2. The Morgan fingerprint density at radius 2 is 1.81 bits per heavy atom. The molecule has 0 unspecified atom stereocenters. The van der Waals surface area contributed by atoms with Gasteiger partial charge in [0.05, 0.1) is 31.9 Å². The highest BCUT2D eigenvalue weighted by Gasteiger charge is 2.22. The molecule has 2 aromatic carbocycles. The lowest BCUT2D eigenvalue weighted by molar-refractivity contribution is -0.116. The summed E-state index contributed by atoms with van der Waals surface area (Å²) in [6.45, 7) is 0. The normalized spacial score (nSPS) is 12.9. The fourth-order valence-corrected chi connectivity index (χ4v) is 3.99. The molecule has 1 aliphatic rings. The zero-order valence-electron chi connectivity index (χ0n) is 17.1. The third-order valence-electron chi connectivity index (χ3n) is 4.66. The summed E-state index contributed by atoms with van der Waals surface area (Å²) in [6, 6.07) is 10.7. The lowest BCUT2D eigenvalue weighted by atomic mass is 10.2. The van der Waals surface area contributed by atoms with Gasteiger partial charge in [-0.1, -0.05) is 0 Å². The highest BCUT2D eigenvalue weighted by molar-refractivity contribution is 8.00. The van der Waals surface area contributed by atoms with E-state index in [1.807, 2.05) is 12.1 Å². The summed E-state index contributed by atoms with van der Waals surface area (Å²) in [5.74, 6) is 1.19. The third-order valence-corrected chi connectivity index (χ3v) is 5.71. The Morgan fingerprint density at radius 1 is 1.06 bits per heavy atom. The molecule has 0 radical (unpaired) electrons. The van der Waals surface area contributed by atoms with Crippen LogP contribution in [0, 0.1) is 5.82 Å². The van der Waals surface area contributed by atoms with Gasteiger partial charge >= 0.3 is 0 Å². The van der Waals surface area contributed by atoms with Gasteiger partial charge in [-0.15, -0.1) is 11.8 Å². The molecule has 8 nitrogen and oxygen atoms in total. The number of hydrogen-bond acceptors (Lipinski definition) is 8. The molecule has 31 heavy (non-hydrogen) atoms. The first-order valence-corrected chi connectivity index (χ1v) is 10.3. The van der Waals surface area contributed by atoms with E-state index in [0.717, 1.165) is 16.8 Å². The molecule has 2 N–H and O–H groups in total. The van der Waals surface area contributed by atoms with Crippen molar-refractivity contribution >= 4 is 46.5 Å². The number of fused-ring (bicyclic) bond motifs is 1. The van der Waals surface area contributed by atoms with Crippen LogP contribution in [-0.4, -0.2) is 42.9 Å². The van der Waals surface area contributed by atoms with E-state index in [4.69, 9.17) is 9.47 Å². The molecule has 1 aromatic heterocycles. The van der Waals surface area contributed by atoms with E-state index in [1.54, 1.807) is 50.4 Å². The quantitative estimate of drug-likeness (QED) is 0.589. The van der Waals surface area contributed by atoms with Crippen molar-refractivity contribution in [2.75, 3.05) is 42.6 Å². The molecule has 10 heteroatoms. The predicted molar refractivity (Wildman–Crippen MR) is 119 cm³/mol. The molecular weight excluding hydrogens is 421 g/mol.